The van der Waals surface area contributed by atoms with Gasteiger partial charge in [0, 0.05) is 6.07 Å². The Hall–Kier alpha value is -2.41. The van der Waals surface area contributed by atoms with Crippen molar-refractivity contribution in [2.24, 2.45) is 5.84 Å². The monoisotopic (exact) mass is 220 g/mol. The number of H-pyrrole nitrogens is 1. The third kappa shape index (κ3) is 1.48. The maximum absolute atomic E-state index is 11.2. The summed E-state index contributed by atoms with van der Waals surface area (Å²) in [4.78, 5) is 24.2. The van der Waals surface area contributed by atoms with Gasteiger partial charge in [-0.05, 0) is 12.1 Å². The van der Waals surface area contributed by atoms with E-state index in [1.54, 1.807) is 12.1 Å². The SMILES string of the molecule is NNC(=O)c1cc2c([N+](=O)[O-])cccc2[nH]1. The van der Waals surface area contributed by atoms with Crippen molar-refractivity contribution in [2.75, 3.05) is 0 Å². The maximum Gasteiger partial charge on any atom is 0.281 e. The van der Waals surface area contributed by atoms with Crippen molar-refractivity contribution in [3.8, 4) is 0 Å². The van der Waals surface area contributed by atoms with Crippen molar-refractivity contribution in [3.05, 3.63) is 40.1 Å². The van der Waals surface area contributed by atoms with Crippen molar-refractivity contribution in [1.29, 1.82) is 0 Å². The first-order valence-electron chi connectivity index (χ1n) is 4.40. The van der Waals surface area contributed by atoms with E-state index in [0.717, 1.165) is 0 Å². The lowest BCUT2D eigenvalue weighted by Gasteiger charge is -1.92. The van der Waals surface area contributed by atoms with Gasteiger partial charge in [-0.3, -0.25) is 20.3 Å². The van der Waals surface area contributed by atoms with Crippen molar-refractivity contribution in [3.63, 3.8) is 0 Å². The molecule has 16 heavy (non-hydrogen) atoms. The van der Waals surface area contributed by atoms with Crippen LogP contribution in [0, 0.1) is 10.1 Å². The first-order chi connectivity index (χ1) is 7.63. The number of carbonyl (C=O) groups excluding carboxylic acids is 1. The zero-order chi connectivity index (χ0) is 11.7. The van der Waals surface area contributed by atoms with Crippen LogP contribution in [0.2, 0.25) is 0 Å². The quantitative estimate of drug-likeness (QED) is 0.299. The summed E-state index contributed by atoms with van der Waals surface area (Å²) in [6, 6.07) is 5.96. The second-order valence-corrected chi connectivity index (χ2v) is 3.15. The largest absolute Gasteiger partial charge is 0.350 e. The molecule has 0 unspecified atom stereocenters. The number of amides is 1. The van der Waals surface area contributed by atoms with Gasteiger partial charge in [-0.1, -0.05) is 6.07 Å². The summed E-state index contributed by atoms with van der Waals surface area (Å²) < 4.78 is 0. The predicted molar refractivity (Wildman–Crippen MR) is 56.6 cm³/mol. The molecule has 2 rings (SSSR count). The average molecular weight is 220 g/mol. The van der Waals surface area contributed by atoms with Crippen LogP contribution in [-0.2, 0) is 0 Å². The number of nitro groups is 1. The van der Waals surface area contributed by atoms with E-state index in [0.29, 0.717) is 10.9 Å². The van der Waals surface area contributed by atoms with Crippen LogP contribution in [0.1, 0.15) is 10.5 Å². The summed E-state index contributed by atoms with van der Waals surface area (Å²) in [6.45, 7) is 0. The highest BCUT2D eigenvalue weighted by Gasteiger charge is 2.15. The van der Waals surface area contributed by atoms with Crippen molar-refractivity contribution in [2.45, 2.75) is 0 Å². The van der Waals surface area contributed by atoms with Crippen LogP contribution in [0.25, 0.3) is 10.9 Å². The van der Waals surface area contributed by atoms with E-state index in [1.807, 2.05) is 5.43 Å². The van der Waals surface area contributed by atoms with Gasteiger partial charge in [0.05, 0.1) is 15.8 Å². The first kappa shape index (κ1) is 10.1. The molecule has 0 atom stereocenters. The number of hydrogen-bond acceptors (Lipinski definition) is 4. The van der Waals surface area contributed by atoms with Gasteiger partial charge < -0.3 is 4.98 Å². The molecule has 0 bridgehead atoms. The molecule has 0 aliphatic carbocycles. The number of nitrogen functional groups attached to an aromatic ring is 1. The lowest BCUT2D eigenvalue weighted by molar-refractivity contribution is -0.383. The predicted octanol–water partition coefficient (Wildman–Crippen LogP) is 0.680. The summed E-state index contributed by atoms with van der Waals surface area (Å²) in [5.74, 6) is 4.45. The van der Waals surface area contributed by atoms with E-state index < -0.39 is 10.8 Å². The number of benzene rings is 1. The van der Waals surface area contributed by atoms with Crippen LogP contribution in [0.15, 0.2) is 24.3 Å². The number of hydrazine groups is 1. The van der Waals surface area contributed by atoms with Crippen LogP contribution in [-0.4, -0.2) is 15.8 Å². The normalized spacial score (nSPS) is 10.3. The zero-order valence-corrected chi connectivity index (χ0v) is 8.06. The average Bonchev–Trinajstić information content (AvgIpc) is 2.70. The van der Waals surface area contributed by atoms with Gasteiger partial charge >= 0.3 is 0 Å². The molecule has 0 radical (unpaired) electrons. The summed E-state index contributed by atoms with van der Waals surface area (Å²) in [5.41, 5.74) is 2.61. The van der Waals surface area contributed by atoms with Crippen LogP contribution in [0.5, 0.6) is 0 Å². The number of nitro benzene ring substituents is 1. The number of non-ortho nitro benzene ring substituents is 1. The Morgan fingerprint density at radius 3 is 2.88 bits per heavy atom. The minimum absolute atomic E-state index is 0.0511. The Morgan fingerprint density at radius 2 is 2.25 bits per heavy atom. The number of aromatic amines is 1. The number of aromatic nitrogens is 1. The Kier molecular flexibility index (Phi) is 2.29. The highest BCUT2D eigenvalue weighted by molar-refractivity contribution is 6.00. The topological polar surface area (TPSA) is 114 Å². The number of carbonyl (C=O) groups is 1. The van der Waals surface area contributed by atoms with Gasteiger partial charge in [0.15, 0.2) is 0 Å². The van der Waals surface area contributed by atoms with E-state index >= 15 is 0 Å². The van der Waals surface area contributed by atoms with Crippen LogP contribution in [0.3, 0.4) is 0 Å². The van der Waals surface area contributed by atoms with Gasteiger partial charge in [0.1, 0.15) is 5.69 Å². The van der Waals surface area contributed by atoms with E-state index in [1.165, 1.54) is 12.1 Å². The van der Waals surface area contributed by atoms with E-state index in [-0.39, 0.29) is 11.4 Å². The van der Waals surface area contributed by atoms with E-state index in [9.17, 15) is 14.9 Å². The van der Waals surface area contributed by atoms with Crippen LogP contribution in [0.4, 0.5) is 5.69 Å². The minimum Gasteiger partial charge on any atom is -0.350 e. The van der Waals surface area contributed by atoms with Gasteiger partial charge in [0.25, 0.3) is 11.6 Å². The summed E-state index contributed by atoms with van der Waals surface area (Å²) in [7, 11) is 0. The molecule has 0 aliphatic heterocycles. The summed E-state index contributed by atoms with van der Waals surface area (Å²) in [5, 5.41) is 11.1. The Morgan fingerprint density at radius 1 is 1.50 bits per heavy atom. The summed E-state index contributed by atoms with van der Waals surface area (Å²) in [6.07, 6.45) is 0. The zero-order valence-electron chi connectivity index (χ0n) is 8.06. The number of hydrogen-bond donors (Lipinski definition) is 3. The molecule has 0 spiro atoms. The van der Waals surface area contributed by atoms with Crippen molar-refractivity contribution in [1.82, 2.24) is 10.4 Å². The fourth-order valence-corrected chi connectivity index (χ4v) is 1.50. The maximum atomic E-state index is 11.2. The molecule has 82 valence electrons. The van der Waals surface area contributed by atoms with Crippen molar-refractivity contribution < 1.29 is 9.72 Å². The Balaban J connectivity index is 2.65. The van der Waals surface area contributed by atoms with Gasteiger partial charge in [-0.25, -0.2) is 5.84 Å². The second-order valence-electron chi connectivity index (χ2n) is 3.15. The fourth-order valence-electron chi connectivity index (χ4n) is 1.50. The highest BCUT2D eigenvalue weighted by atomic mass is 16.6. The van der Waals surface area contributed by atoms with Crippen LogP contribution < -0.4 is 11.3 Å². The van der Waals surface area contributed by atoms with Gasteiger partial charge in [-0.15, -0.1) is 0 Å². The minimum atomic E-state index is -0.523. The molecule has 0 aliphatic rings. The molecule has 1 amide bonds. The molecule has 4 N–H and O–H groups in total. The Bertz CT molecular complexity index is 575. The third-order valence-electron chi connectivity index (χ3n) is 2.21. The molecule has 0 fully saturated rings. The molecule has 7 heteroatoms. The van der Waals surface area contributed by atoms with Gasteiger partial charge in [-0.2, -0.15) is 0 Å². The number of nitrogens with zero attached hydrogens (tertiary/aromatic N) is 1. The van der Waals surface area contributed by atoms with E-state index in [4.69, 9.17) is 5.84 Å². The third-order valence-corrected chi connectivity index (χ3v) is 2.21. The molecule has 1 aromatic carbocycles. The molecule has 7 nitrogen and oxygen atoms in total. The molecule has 1 aromatic heterocycles. The van der Waals surface area contributed by atoms with E-state index in [2.05, 4.69) is 4.98 Å². The molecule has 2 aromatic rings. The van der Waals surface area contributed by atoms with Crippen LogP contribution >= 0.6 is 0 Å². The molecule has 0 saturated carbocycles. The lowest BCUT2D eigenvalue weighted by Crippen LogP contribution is -2.30. The van der Waals surface area contributed by atoms with Gasteiger partial charge in [0.2, 0.25) is 0 Å². The fraction of sp³-hybridized carbons (Fsp3) is 0. The molecule has 0 saturated heterocycles. The standard InChI is InChI=1S/C9H8N4O3/c10-12-9(14)7-4-5-6(11-7)2-1-3-8(5)13(15)16/h1-4,11H,10H2,(H,12,14). The number of nitrogens with two attached hydrogens (primary N) is 1. The first-order valence-corrected chi connectivity index (χ1v) is 4.40. The smallest absolute Gasteiger partial charge is 0.281 e. The Labute approximate surface area is 89.4 Å². The molecular formula is C9H8N4O3. The lowest BCUT2D eigenvalue weighted by atomic mass is 10.2. The molecular weight excluding hydrogens is 212 g/mol. The number of rotatable bonds is 2. The summed E-state index contributed by atoms with van der Waals surface area (Å²) >= 11 is 0. The number of nitrogens with one attached hydrogen (secondary N) is 2. The molecule has 1 heterocycles. The second kappa shape index (κ2) is 3.63. The highest BCUT2D eigenvalue weighted by Crippen LogP contribution is 2.25. The van der Waals surface area contributed by atoms with Crippen molar-refractivity contribution >= 4 is 22.5 Å². The number of fused-ring (bicyclic) bond motifs is 1.